The third-order valence-electron chi connectivity index (χ3n) is 3.51. The van der Waals surface area contributed by atoms with Gasteiger partial charge in [0.1, 0.15) is 5.75 Å². The highest BCUT2D eigenvalue weighted by atomic mass is 32.2. The predicted molar refractivity (Wildman–Crippen MR) is 95.6 cm³/mol. The van der Waals surface area contributed by atoms with E-state index in [9.17, 15) is 4.79 Å². The Morgan fingerprint density at radius 1 is 1.21 bits per heavy atom. The summed E-state index contributed by atoms with van der Waals surface area (Å²) in [5.74, 6) is 1.21. The van der Waals surface area contributed by atoms with E-state index in [0.717, 1.165) is 21.9 Å². The van der Waals surface area contributed by atoms with Crippen LogP contribution in [-0.2, 0) is 10.5 Å². The second kappa shape index (κ2) is 7.36. The predicted octanol–water partition coefficient (Wildman–Crippen LogP) is 4.40. The highest BCUT2D eigenvalue weighted by molar-refractivity contribution is 7.98. The largest absolute Gasteiger partial charge is 0.426 e. The number of aromatic nitrogens is 2. The number of carbonyl (C=O) groups excluding carboxylic acids is 1. The minimum absolute atomic E-state index is 0.296. The molecule has 0 N–H and O–H groups in total. The van der Waals surface area contributed by atoms with Crippen molar-refractivity contribution in [3.8, 4) is 11.4 Å². The van der Waals surface area contributed by atoms with Gasteiger partial charge in [-0.1, -0.05) is 12.1 Å². The Bertz CT molecular complexity index is 827. The molecule has 24 heavy (non-hydrogen) atoms. The fourth-order valence-electron chi connectivity index (χ4n) is 2.31. The lowest BCUT2D eigenvalue weighted by molar-refractivity contribution is -0.131. The maximum absolute atomic E-state index is 11.0. The molecule has 0 amide bonds. The third-order valence-corrected chi connectivity index (χ3v) is 4.58. The van der Waals surface area contributed by atoms with Crippen LogP contribution >= 0.6 is 11.8 Å². The van der Waals surface area contributed by atoms with Gasteiger partial charge in [-0.3, -0.25) is 4.79 Å². The zero-order chi connectivity index (χ0) is 16.9. The van der Waals surface area contributed by atoms with Crippen LogP contribution in [0.5, 0.6) is 5.75 Å². The molecule has 0 unspecified atom stereocenters. The van der Waals surface area contributed by atoms with Crippen LogP contribution in [0.3, 0.4) is 0 Å². The van der Waals surface area contributed by atoms with E-state index in [1.54, 1.807) is 18.0 Å². The molecule has 0 saturated carbocycles. The van der Waals surface area contributed by atoms with Crippen LogP contribution in [0.1, 0.15) is 18.1 Å². The van der Waals surface area contributed by atoms with Crippen molar-refractivity contribution in [2.75, 3.05) is 0 Å². The van der Waals surface area contributed by atoms with E-state index >= 15 is 0 Å². The van der Waals surface area contributed by atoms with E-state index in [1.807, 2.05) is 42.1 Å². The number of benzene rings is 2. The summed E-state index contributed by atoms with van der Waals surface area (Å²) in [6, 6.07) is 16.1. The lowest BCUT2D eigenvalue weighted by Gasteiger charge is -2.08. The van der Waals surface area contributed by atoms with Gasteiger partial charge in [0.25, 0.3) is 0 Å². The summed E-state index contributed by atoms with van der Waals surface area (Å²) >= 11 is 1.76. The topological polar surface area (TPSA) is 44.1 Å². The average molecular weight is 338 g/mol. The Balaban J connectivity index is 1.63. The molecular formula is C19H18N2O2S. The SMILES string of the molecule is CC(=O)Oc1ccc(SCc2ccc(-n3cccn3)cc2)cc1C. The van der Waals surface area contributed by atoms with Crippen LogP contribution < -0.4 is 4.74 Å². The standard InChI is InChI=1S/C19H18N2O2S/c1-14-12-18(8-9-19(14)23-15(2)22)24-13-16-4-6-17(7-5-16)21-11-3-10-20-21/h3-12H,13H2,1-2H3. The van der Waals surface area contributed by atoms with Gasteiger partial charge in [-0.25, -0.2) is 4.68 Å². The molecule has 122 valence electrons. The van der Waals surface area contributed by atoms with E-state index in [4.69, 9.17) is 4.74 Å². The van der Waals surface area contributed by atoms with Gasteiger partial charge in [-0.15, -0.1) is 11.8 Å². The summed E-state index contributed by atoms with van der Waals surface area (Å²) in [6.45, 7) is 3.36. The number of nitrogens with zero attached hydrogens (tertiary/aromatic N) is 2. The van der Waals surface area contributed by atoms with Crippen molar-refractivity contribution >= 4 is 17.7 Å². The van der Waals surface area contributed by atoms with Crippen LogP contribution in [0.4, 0.5) is 0 Å². The lowest BCUT2D eigenvalue weighted by Crippen LogP contribution is -2.02. The van der Waals surface area contributed by atoms with Crippen molar-refractivity contribution in [1.29, 1.82) is 0 Å². The normalized spacial score (nSPS) is 10.6. The number of thioether (sulfide) groups is 1. The van der Waals surface area contributed by atoms with Gasteiger partial charge in [0.05, 0.1) is 5.69 Å². The highest BCUT2D eigenvalue weighted by Crippen LogP contribution is 2.28. The minimum Gasteiger partial charge on any atom is -0.426 e. The maximum Gasteiger partial charge on any atom is 0.308 e. The van der Waals surface area contributed by atoms with Crippen molar-refractivity contribution < 1.29 is 9.53 Å². The maximum atomic E-state index is 11.0. The Hall–Kier alpha value is -2.53. The van der Waals surface area contributed by atoms with Gasteiger partial charge in [-0.2, -0.15) is 5.10 Å². The molecule has 3 aromatic rings. The fourth-order valence-corrected chi connectivity index (χ4v) is 3.26. The van der Waals surface area contributed by atoms with Gasteiger partial charge in [0.2, 0.25) is 0 Å². The van der Waals surface area contributed by atoms with Crippen molar-refractivity contribution in [1.82, 2.24) is 9.78 Å². The van der Waals surface area contributed by atoms with Crippen LogP contribution in [0.15, 0.2) is 65.8 Å². The van der Waals surface area contributed by atoms with Crippen LogP contribution in [0, 0.1) is 6.92 Å². The van der Waals surface area contributed by atoms with Crippen molar-refractivity contribution in [2.24, 2.45) is 0 Å². The second-order valence-corrected chi connectivity index (χ2v) is 6.48. The average Bonchev–Trinajstić information content (AvgIpc) is 3.10. The Morgan fingerprint density at radius 2 is 2.00 bits per heavy atom. The van der Waals surface area contributed by atoms with E-state index < -0.39 is 0 Å². The number of esters is 1. The monoisotopic (exact) mass is 338 g/mol. The molecule has 3 rings (SSSR count). The summed E-state index contributed by atoms with van der Waals surface area (Å²) in [7, 11) is 0. The first-order valence-electron chi connectivity index (χ1n) is 7.62. The first-order chi connectivity index (χ1) is 11.6. The van der Waals surface area contributed by atoms with Crippen LogP contribution in [-0.4, -0.2) is 15.7 Å². The molecule has 0 aliphatic heterocycles. The Kier molecular flexibility index (Phi) is 5.01. The van der Waals surface area contributed by atoms with E-state index in [-0.39, 0.29) is 5.97 Å². The summed E-state index contributed by atoms with van der Waals surface area (Å²) < 4.78 is 7.00. The smallest absolute Gasteiger partial charge is 0.308 e. The van der Waals surface area contributed by atoms with Crippen molar-refractivity contribution in [2.45, 2.75) is 24.5 Å². The fraction of sp³-hybridized carbons (Fsp3) is 0.158. The van der Waals surface area contributed by atoms with Crippen LogP contribution in [0.2, 0.25) is 0 Å². The number of rotatable bonds is 5. The number of carbonyl (C=O) groups is 1. The summed E-state index contributed by atoms with van der Waals surface area (Å²) in [5, 5.41) is 4.22. The number of hydrogen-bond acceptors (Lipinski definition) is 4. The first-order valence-corrected chi connectivity index (χ1v) is 8.61. The minimum atomic E-state index is -0.296. The number of ether oxygens (including phenoxy) is 1. The van der Waals surface area contributed by atoms with Gasteiger partial charge >= 0.3 is 5.97 Å². The molecule has 5 heteroatoms. The molecule has 2 aromatic carbocycles. The van der Waals surface area contributed by atoms with Gasteiger partial charge in [0, 0.05) is 30.0 Å². The Morgan fingerprint density at radius 3 is 2.62 bits per heavy atom. The Labute approximate surface area is 145 Å². The molecule has 1 heterocycles. The molecule has 1 aromatic heterocycles. The number of aryl methyl sites for hydroxylation is 1. The molecule has 0 fully saturated rings. The zero-order valence-electron chi connectivity index (χ0n) is 13.6. The molecule has 0 aliphatic rings. The number of hydrogen-bond donors (Lipinski definition) is 0. The van der Waals surface area contributed by atoms with E-state index in [1.165, 1.54) is 12.5 Å². The summed E-state index contributed by atoms with van der Waals surface area (Å²) in [5.41, 5.74) is 3.26. The van der Waals surface area contributed by atoms with Crippen molar-refractivity contribution in [3.05, 3.63) is 72.1 Å². The summed E-state index contributed by atoms with van der Waals surface area (Å²) in [4.78, 5) is 12.2. The molecular weight excluding hydrogens is 320 g/mol. The molecule has 0 saturated heterocycles. The second-order valence-electron chi connectivity index (χ2n) is 5.43. The van der Waals surface area contributed by atoms with E-state index in [2.05, 4.69) is 29.4 Å². The molecule has 0 spiro atoms. The first kappa shape index (κ1) is 16.3. The highest BCUT2D eigenvalue weighted by Gasteiger charge is 2.05. The van der Waals surface area contributed by atoms with E-state index in [0.29, 0.717) is 5.75 Å². The summed E-state index contributed by atoms with van der Waals surface area (Å²) in [6.07, 6.45) is 3.70. The van der Waals surface area contributed by atoms with Crippen molar-refractivity contribution in [3.63, 3.8) is 0 Å². The molecule has 0 radical (unpaired) electrons. The third kappa shape index (κ3) is 4.06. The molecule has 0 bridgehead atoms. The van der Waals surface area contributed by atoms with Gasteiger partial charge in [0.15, 0.2) is 0 Å². The zero-order valence-corrected chi connectivity index (χ0v) is 14.4. The molecule has 4 nitrogen and oxygen atoms in total. The van der Waals surface area contributed by atoms with Crippen LogP contribution in [0.25, 0.3) is 5.69 Å². The van der Waals surface area contributed by atoms with Gasteiger partial charge < -0.3 is 4.74 Å². The molecule has 0 aliphatic carbocycles. The quantitative estimate of drug-likeness (QED) is 0.393. The lowest BCUT2D eigenvalue weighted by atomic mass is 10.2. The van der Waals surface area contributed by atoms with Gasteiger partial charge in [-0.05, 0) is 54.4 Å². The molecule has 0 atom stereocenters.